The van der Waals surface area contributed by atoms with Gasteiger partial charge in [-0.2, -0.15) is 0 Å². The van der Waals surface area contributed by atoms with Crippen molar-refractivity contribution in [2.45, 2.75) is 39.2 Å². The maximum absolute atomic E-state index is 14.7. The predicted molar refractivity (Wildman–Crippen MR) is 115 cm³/mol. The van der Waals surface area contributed by atoms with E-state index in [1.165, 1.54) is 36.3 Å². The molecule has 1 aromatic rings. The minimum Gasteiger partial charge on any atom is -0.370 e. The molecule has 0 bridgehead atoms. The van der Waals surface area contributed by atoms with E-state index >= 15 is 0 Å². The molecule has 30 heavy (non-hydrogen) atoms. The van der Waals surface area contributed by atoms with Crippen LogP contribution in [0.15, 0.2) is 18.2 Å². The average Bonchev–Trinajstić information content (AvgIpc) is 2.66. The molecule has 1 aliphatic carbocycles. The van der Waals surface area contributed by atoms with Crippen LogP contribution in [-0.2, 0) is 14.3 Å². The summed E-state index contributed by atoms with van der Waals surface area (Å²) >= 11 is 0. The Kier molecular flexibility index (Phi) is 7.80. The van der Waals surface area contributed by atoms with E-state index in [2.05, 4.69) is 24.1 Å². The lowest BCUT2D eigenvalue weighted by molar-refractivity contribution is -0.125. The summed E-state index contributed by atoms with van der Waals surface area (Å²) in [6.07, 6.45) is 3.61. The van der Waals surface area contributed by atoms with Crippen molar-refractivity contribution in [3.63, 3.8) is 0 Å². The molecule has 1 saturated carbocycles. The lowest BCUT2D eigenvalue weighted by Gasteiger charge is -2.37. The molecule has 1 aromatic carbocycles. The van der Waals surface area contributed by atoms with Gasteiger partial charge in [-0.3, -0.25) is 14.5 Å². The quantitative estimate of drug-likeness (QED) is 0.640. The van der Waals surface area contributed by atoms with Crippen LogP contribution >= 0.6 is 0 Å². The molecule has 0 radical (unpaired) electrons. The number of rotatable bonds is 9. The summed E-state index contributed by atoms with van der Waals surface area (Å²) in [7, 11) is 0. The number of hydrogen-bond acceptors (Lipinski definition) is 5. The van der Waals surface area contributed by atoms with Crippen LogP contribution in [0.5, 0.6) is 0 Å². The number of benzene rings is 1. The standard InChI is InChI=1S/C22H33FN4O3/c1-15(2)12-26(13-16-4-3-5-16)20(11-24)22(29)25-19-7-6-17(10-18(19)23)27-8-9-30-14-21(27)28/h6-7,10,15-16,20H,3-5,8-9,11-14,24H2,1-2H3,(H,25,29)/t20-/m1/s1. The summed E-state index contributed by atoms with van der Waals surface area (Å²) in [5, 5.41) is 2.70. The van der Waals surface area contributed by atoms with Crippen LogP contribution in [-0.4, -0.2) is 62.1 Å². The zero-order valence-corrected chi connectivity index (χ0v) is 17.9. The first kappa shape index (κ1) is 22.7. The molecule has 1 heterocycles. The van der Waals surface area contributed by atoms with Gasteiger partial charge in [0.05, 0.1) is 12.3 Å². The second kappa shape index (κ2) is 10.3. The SMILES string of the molecule is CC(C)CN(CC1CCC1)[C@H](CN)C(=O)Nc1ccc(N2CCOCC2=O)cc1F. The Morgan fingerprint density at radius 3 is 2.73 bits per heavy atom. The van der Waals surface area contributed by atoms with Gasteiger partial charge in [0.1, 0.15) is 18.5 Å². The molecule has 1 saturated heterocycles. The van der Waals surface area contributed by atoms with E-state index in [1.807, 2.05) is 0 Å². The summed E-state index contributed by atoms with van der Waals surface area (Å²) in [5.74, 6) is -0.0838. The van der Waals surface area contributed by atoms with Crippen LogP contribution in [0.25, 0.3) is 0 Å². The number of anilines is 2. The van der Waals surface area contributed by atoms with Crippen molar-refractivity contribution in [1.82, 2.24) is 4.90 Å². The molecule has 3 N–H and O–H groups in total. The number of morpholine rings is 1. The zero-order chi connectivity index (χ0) is 21.7. The number of carbonyl (C=O) groups is 2. The van der Waals surface area contributed by atoms with Crippen LogP contribution < -0.4 is 16.0 Å². The number of nitrogens with zero attached hydrogens (tertiary/aromatic N) is 2. The number of hydrogen-bond donors (Lipinski definition) is 2. The van der Waals surface area contributed by atoms with Gasteiger partial charge in [-0.15, -0.1) is 0 Å². The molecule has 2 fully saturated rings. The maximum atomic E-state index is 14.7. The molecule has 7 nitrogen and oxygen atoms in total. The largest absolute Gasteiger partial charge is 0.370 e. The average molecular weight is 421 g/mol. The van der Waals surface area contributed by atoms with Crippen LogP contribution in [0, 0.1) is 17.7 Å². The minimum absolute atomic E-state index is 0.00896. The van der Waals surface area contributed by atoms with E-state index in [-0.39, 0.29) is 30.7 Å². The van der Waals surface area contributed by atoms with Crippen molar-refractivity contribution >= 4 is 23.2 Å². The number of nitrogens with one attached hydrogen (secondary N) is 1. The minimum atomic E-state index is -0.578. The van der Waals surface area contributed by atoms with Gasteiger partial charge in [0, 0.05) is 31.9 Å². The van der Waals surface area contributed by atoms with Crippen molar-refractivity contribution in [3.8, 4) is 0 Å². The first-order chi connectivity index (χ1) is 14.4. The molecule has 166 valence electrons. The van der Waals surface area contributed by atoms with Gasteiger partial charge in [-0.1, -0.05) is 20.3 Å². The van der Waals surface area contributed by atoms with E-state index in [0.29, 0.717) is 30.7 Å². The molecule has 0 unspecified atom stereocenters. The number of carbonyl (C=O) groups excluding carboxylic acids is 2. The van der Waals surface area contributed by atoms with Gasteiger partial charge >= 0.3 is 0 Å². The van der Waals surface area contributed by atoms with Gasteiger partial charge in [0.2, 0.25) is 5.91 Å². The highest BCUT2D eigenvalue weighted by atomic mass is 19.1. The second-order valence-corrected chi connectivity index (χ2v) is 8.65. The van der Waals surface area contributed by atoms with E-state index in [0.717, 1.165) is 13.1 Å². The van der Waals surface area contributed by atoms with Crippen LogP contribution in [0.1, 0.15) is 33.1 Å². The highest BCUT2D eigenvalue weighted by Gasteiger charge is 2.30. The van der Waals surface area contributed by atoms with Crippen molar-refractivity contribution in [1.29, 1.82) is 0 Å². The Hall–Kier alpha value is -2.03. The molecule has 0 aromatic heterocycles. The van der Waals surface area contributed by atoms with Crippen molar-refractivity contribution in [2.24, 2.45) is 17.6 Å². The number of ether oxygens (including phenoxy) is 1. The van der Waals surface area contributed by atoms with E-state index in [9.17, 15) is 14.0 Å². The summed E-state index contributed by atoms with van der Waals surface area (Å²) < 4.78 is 19.8. The highest BCUT2D eigenvalue weighted by molar-refractivity contribution is 5.97. The Morgan fingerprint density at radius 1 is 1.40 bits per heavy atom. The van der Waals surface area contributed by atoms with Gasteiger partial charge < -0.3 is 20.7 Å². The topological polar surface area (TPSA) is 87.9 Å². The van der Waals surface area contributed by atoms with Crippen molar-refractivity contribution < 1.29 is 18.7 Å². The molecule has 0 spiro atoms. The summed E-state index contributed by atoms with van der Waals surface area (Å²) in [6, 6.07) is 3.90. The van der Waals surface area contributed by atoms with E-state index in [4.69, 9.17) is 10.5 Å². The molecular formula is C22H33FN4O3. The molecule has 3 rings (SSSR count). The second-order valence-electron chi connectivity index (χ2n) is 8.65. The molecule has 1 atom stereocenters. The molecule has 8 heteroatoms. The first-order valence-corrected chi connectivity index (χ1v) is 10.8. The Labute approximate surface area is 177 Å². The van der Waals surface area contributed by atoms with Crippen LogP contribution in [0.2, 0.25) is 0 Å². The Morgan fingerprint density at radius 2 is 2.17 bits per heavy atom. The lowest BCUT2D eigenvalue weighted by Crippen LogP contribution is -2.52. The summed E-state index contributed by atoms with van der Waals surface area (Å²) in [5.41, 5.74) is 6.51. The fraction of sp³-hybridized carbons (Fsp3) is 0.636. The van der Waals surface area contributed by atoms with Crippen molar-refractivity contribution in [3.05, 3.63) is 24.0 Å². The fourth-order valence-electron chi connectivity index (χ4n) is 4.01. The molecule has 2 aliphatic rings. The van der Waals surface area contributed by atoms with Gasteiger partial charge in [-0.05, 0) is 42.9 Å². The monoisotopic (exact) mass is 420 g/mol. The zero-order valence-electron chi connectivity index (χ0n) is 17.9. The smallest absolute Gasteiger partial charge is 0.253 e. The highest BCUT2D eigenvalue weighted by Crippen LogP contribution is 2.28. The third-order valence-electron chi connectivity index (χ3n) is 5.79. The number of halogens is 1. The third-order valence-corrected chi connectivity index (χ3v) is 5.79. The van der Waals surface area contributed by atoms with Gasteiger partial charge in [-0.25, -0.2) is 4.39 Å². The van der Waals surface area contributed by atoms with Crippen LogP contribution in [0.3, 0.4) is 0 Å². The molecule has 2 amide bonds. The first-order valence-electron chi connectivity index (χ1n) is 10.8. The third kappa shape index (κ3) is 5.56. The Balaban J connectivity index is 1.69. The van der Waals surface area contributed by atoms with Crippen LogP contribution in [0.4, 0.5) is 15.8 Å². The maximum Gasteiger partial charge on any atom is 0.253 e. The van der Waals surface area contributed by atoms with Gasteiger partial charge in [0.15, 0.2) is 0 Å². The van der Waals surface area contributed by atoms with E-state index in [1.54, 1.807) is 6.07 Å². The number of nitrogens with two attached hydrogens (primary N) is 1. The van der Waals surface area contributed by atoms with Gasteiger partial charge in [0.25, 0.3) is 5.91 Å². The summed E-state index contributed by atoms with van der Waals surface area (Å²) in [4.78, 5) is 28.6. The molecular weight excluding hydrogens is 387 g/mol. The summed E-state index contributed by atoms with van der Waals surface area (Å²) in [6.45, 7) is 6.80. The number of amides is 2. The lowest BCUT2D eigenvalue weighted by atomic mass is 9.84. The normalized spacial score (nSPS) is 18.6. The molecule has 1 aliphatic heterocycles. The van der Waals surface area contributed by atoms with E-state index < -0.39 is 11.9 Å². The Bertz CT molecular complexity index is 754. The van der Waals surface area contributed by atoms with Crippen molar-refractivity contribution in [2.75, 3.05) is 49.6 Å². The fourth-order valence-corrected chi connectivity index (χ4v) is 4.01. The predicted octanol–water partition coefficient (Wildman–Crippen LogP) is 2.21.